The summed E-state index contributed by atoms with van der Waals surface area (Å²) in [4.78, 5) is 25.1. The summed E-state index contributed by atoms with van der Waals surface area (Å²) in [5, 5.41) is 3.23. The molecule has 1 saturated heterocycles. The monoisotopic (exact) mass is 442 g/mol. The molecule has 3 aromatic rings. The van der Waals surface area contributed by atoms with Gasteiger partial charge < -0.3 is 5.32 Å². The van der Waals surface area contributed by atoms with E-state index < -0.39 is 5.41 Å². The van der Waals surface area contributed by atoms with Crippen molar-refractivity contribution in [1.82, 2.24) is 20.2 Å². The number of nitrogens with zero attached hydrogens (tertiary/aromatic N) is 3. The Hall–Kier alpha value is -3.05. The average Bonchev–Trinajstić information content (AvgIpc) is 2.80. The summed E-state index contributed by atoms with van der Waals surface area (Å²) >= 11 is 0. The number of carbonyl (C=O) groups is 1. The van der Waals surface area contributed by atoms with Crippen molar-refractivity contribution < 1.29 is 4.79 Å². The predicted octanol–water partition coefficient (Wildman–Crippen LogP) is 4.80. The number of hydrogen-bond acceptors (Lipinski definition) is 4. The molecular weight excluding hydrogens is 408 g/mol. The molecule has 0 saturated carbocycles. The molecule has 1 N–H and O–H groups in total. The summed E-state index contributed by atoms with van der Waals surface area (Å²) < 4.78 is 0. The molecule has 3 heterocycles. The topological polar surface area (TPSA) is 58.1 Å². The van der Waals surface area contributed by atoms with Gasteiger partial charge in [0.1, 0.15) is 0 Å². The molecule has 5 nitrogen and oxygen atoms in total. The standard InChI is InChI=1S/C28H34N4O/c1-21(2)30-27(33)28(14-8-16-32(20-28)19-25-12-6-9-22(3)31-25)17-23-10-4-5-13-26(23)24-11-7-15-29-18-24/h4-7,9-13,15,18,21H,8,14,16-17,19-20H2,1-3H3,(H,30,33)/t28-/m1/s1. The summed E-state index contributed by atoms with van der Waals surface area (Å²) in [7, 11) is 0. The molecule has 1 aliphatic rings. The fourth-order valence-electron chi connectivity index (χ4n) is 4.95. The van der Waals surface area contributed by atoms with Gasteiger partial charge in [0, 0.05) is 42.8 Å². The van der Waals surface area contributed by atoms with Gasteiger partial charge in [-0.25, -0.2) is 0 Å². The zero-order valence-corrected chi connectivity index (χ0v) is 19.9. The van der Waals surface area contributed by atoms with Crippen LogP contribution in [-0.2, 0) is 17.8 Å². The smallest absolute Gasteiger partial charge is 0.228 e. The highest BCUT2D eigenvalue weighted by Gasteiger charge is 2.42. The van der Waals surface area contributed by atoms with Crippen LogP contribution in [0.1, 0.15) is 43.6 Å². The maximum atomic E-state index is 13.7. The third kappa shape index (κ3) is 5.66. The number of benzene rings is 1. The van der Waals surface area contributed by atoms with Gasteiger partial charge in [-0.15, -0.1) is 0 Å². The normalized spacial score (nSPS) is 18.9. The molecule has 2 aromatic heterocycles. The zero-order valence-electron chi connectivity index (χ0n) is 19.9. The highest BCUT2D eigenvalue weighted by Crippen LogP contribution is 2.37. The molecule has 0 aliphatic carbocycles. The minimum absolute atomic E-state index is 0.108. The lowest BCUT2D eigenvalue weighted by molar-refractivity contribution is -0.135. The lowest BCUT2D eigenvalue weighted by Gasteiger charge is -2.42. The van der Waals surface area contributed by atoms with Crippen molar-refractivity contribution >= 4 is 5.91 Å². The van der Waals surface area contributed by atoms with Crippen LogP contribution < -0.4 is 5.32 Å². The first kappa shape index (κ1) is 23.1. The van der Waals surface area contributed by atoms with E-state index in [0.717, 1.165) is 55.0 Å². The fraction of sp³-hybridized carbons (Fsp3) is 0.393. The largest absolute Gasteiger partial charge is 0.353 e. The van der Waals surface area contributed by atoms with Crippen molar-refractivity contribution in [2.24, 2.45) is 5.41 Å². The van der Waals surface area contributed by atoms with Crippen molar-refractivity contribution in [2.45, 2.75) is 52.6 Å². The van der Waals surface area contributed by atoms with E-state index in [0.29, 0.717) is 6.42 Å². The van der Waals surface area contributed by atoms with Crippen molar-refractivity contribution in [2.75, 3.05) is 13.1 Å². The Labute approximate surface area is 197 Å². The second-order valence-corrected chi connectivity index (χ2v) is 9.57. The summed E-state index contributed by atoms with van der Waals surface area (Å²) in [5.41, 5.74) is 5.04. The van der Waals surface area contributed by atoms with Crippen LogP contribution in [0.5, 0.6) is 0 Å². The number of pyridine rings is 2. The minimum Gasteiger partial charge on any atom is -0.353 e. The van der Waals surface area contributed by atoms with Gasteiger partial charge in [0.2, 0.25) is 5.91 Å². The molecule has 0 unspecified atom stereocenters. The molecule has 0 radical (unpaired) electrons. The number of nitrogens with one attached hydrogen (secondary N) is 1. The van der Waals surface area contributed by atoms with Gasteiger partial charge in [-0.05, 0) is 75.9 Å². The van der Waals surface area contributed by atoms with Crippen LogP contribution >= 0.6 is 0 Å². The highest BCUT2D eigenvalue weighted by atomic mass is 16.2. The predicted molar refractivity (Wildman–Crippen MR) is 133 cm³/mol. The molecule has 1 fully saturated rings. The van der Waals surface area contributed by atoms with Crippen LogP contribution in [-0.4, -0.2) is 39.9 Å². The quantitative estimate of drug-likeness (QED) is 0.571. The zero-order chi connectivity index (χ0) is 23.3. The van der Waals surface area contributed by atoms with E-state index in [1.165, 1.54) is 5.56 Å². The number of amides is 1. The third-order valence-electron chi connectivity index (χ3n) is 6.41. The van der Waals surface area contributed by atoms with E-state index in [4.69, 9.17) is 4.98 Å². The van der Waals surface area contributed by atoms with Gasteiger partial charge in [0.05, 0.1) is 11.1 Å². The lowest BCUT2D eigenvalue weighted by Crippen LogP contribution is -2.54. The highest BCUT2D eigenvalue weighted by molar-refractivity contribution is 5.84. The summed E-state index contributed by atoms with van der Waals surface area (Å²) in [6.45, 7) is 8.57. The van der Waals surface area contributed by atoms with E-state index in [2.05, 4.69) is 57.7 Å². The molecule has 1 atom stereocenters. The van der Waals surface area contributed by atoms with Gasteiger partial charge in [-0.3, -0.25) is 19.7 Å². The Morgan fingerprint density at radius 2 is 1.97 bits per heavy atom. The Kier molecular flexibility index (Phi) is 7.19. The molecule has 0 spiro atoms. The summed E-state index contributed by atoms with van der Waals surface area (Å²) in [5.74, 6) is 0.153. The Balaban J connectivity index is 1.65. The maximum absolute atomic E-state index is 13.7. The Bertz CT molecular complexity index is 1080. The van der Waals surface area contributed by atoms with Crippen molar-refractivity contribution in [3.63, 3.8) is 0 Å². The van der Waals surface area contributed by atoms with Gasteiger partial charge >= 0.3 is 0 Å². The van der Waals surface area contributed by atoms with Crippen LogP contribution in [0.25, 0.3) is 11.1 Å². The average molecular weight is 443 g/mol. The molecule has 0 bridgehead atoms. The van der Waals surface area contributed by atoms with E-state index >= 15 is 0 Å². The van der Waals surface area contributed by atoms with Gasteiger partial charge in [0.15, 0.2) is 0 Å². The van der Waals surface area contributed by atoms with E-state index in [9.17, 15) is 4.79 Å². The summed E-state index contributed by atoms with van der Waals surface area (Å²) in [6, 6.07) is 18.7. The molecule has 1 aromatic carbocycles. The maximum Gasteiger partial charge on any atom is 0.228 e. The fourth-order valence-corrected chi connectivity index (χ4v) is 4.95. The second kappa shape index (κ2) is 10.3. The second-order valence-electron chi connectivity index (χ2n) is 9.57. The van der Waals surface area contributed by atoms with Gasteiger partial charge in [-0.2, -0.15) is 0 Å². The number of piperidine rings is 1. The molecule has 1 aliphatic heterocycles. The van der Waals surface area contributed by atoms with Crippen LogP contribution in [0.3, 0.4) is 0 Å². The van der Waals surface area contributed by atoms with Crippen molar-refractivity contribution in [3.8, 4) is 11.1 Å². The third-order valence-corrected chi connectivity index (χ3v) is 6.41. The number of aryl methyl sites for hydroxylation is 1. The Morgan fingerprint density at radius 3 is 2.73 bits per heavy atom. The van der Waals surface area contributed by atoms with Crippen molar-refractivity contribution in [1.29, 1.82) is 0 Å². The number of rotatable bonds is 7. The lowest BCUT2D eigenvalue weighted by atomic mass is 9.73. The van der Waals surface area contributed by atoms with Gasteiger partial charge in [-0.1, -0.05) is 36.4 Å². The summed E-state index contributed by atoms with van der Waals surface area (Å²) in [6.07, 6.45) is 6.27. The van der Waals surface area contributed by atoms with Crippen molar-refractivity contribution in [3.05, 3.63) is 83.9 Å². The van der Waals surface area contributed by atoms with Crippen LogP contribution in [0.2, 0.25) is 0 Å². The van der Waals surface area contributed by atoms with Crippen LogP contribution in [0.15, 0.2) is 67.0 Å². The minimum atomic E-state index is -0.481. The number of aromatic nitrogens is 2. The number of carbonyl (C=O) groups excluding carboxylic acids is 1. The molecule has 1 amide bonds. The first-order chi connectivity index (χ1) is 15.9. The molecule has 172 valence electrons. The number of likely N-dealkylation sites (tertiary alicyclic amines) is 1. The van der Waals surface area contributed by atoms with E-state index in [1.807, 2.05) is 39.1 Å². The van der Waals surface area contributed by atoms with Crippen LogP contribution in [0, 0.1) is 12.3 Å². The van der Waals surface area contributed by atoms with E-state index in [1.54, 1.807) is 6.20 Å². The van der Waals surface area contributed by atoms with E-state index in [-0.39, 0.29) is 11.9 Å². The van der Waals surface area contributed by atoms with Crippen LogP contribution in [0.4, 0.5) is 0 Å². The van der Waals surface area contributed by atoms with Gasteiger partial charge in [0.25, 0.3) is 0 Å². The Morgan fingerprint density at radius 1 is 1.12 bits per heavy atom. The molecule has 33 heavy (non-hydrogen) atoms. The first-order valence-corrected chi connectivity index (χ1v) is 11.9. The molecule has 4 rings (SSSR count). The first-order valence-electron chi connectivity index (χ1n) is 11.9. The molecular formula is C28H34N4O. The number of hydrogen-bond donors (Lipinski definition) is 1. The molecule has 5 heteroatoms. The SMILES string of the molecule is Cc1cccc(CN2CCC[C@](Cc3ccccc3-c3cccnc3)(C(=O)NC(C)C)C2)n1.